The number of aromatic nitrogens is 3. The number of nitrogens with zero attached hydrogens (tertiary/aromatic N) is 4. The maximum atomic E-state index is 12.4. The second kappa shape index (κ2) is 11.8. The average Bonchev–Trinajstić information content (AvgIpc) is 3.28. The summed E-state index contributed by atoms with van der Waals surface area (Å²) in [4.78, 5) is 12.4. The molecule has 1 amide bonds. The van der Waals surface area contributed by atoms with Crippen molar-refractivity contribution in [3.63, 3.8) is 0 Å². The van der Waals surface area contributed by atoms with Crippen LogP contribution in [0.4, 0.5) is 0 Å². The maximum absolute atomic E-state index is 12.4. The topological polar surface area (TPSA) is 72.2 Å². The molecule has 1 N–H and O–H groups in total. The van der Waals surface area contributed by atoms with Gasteiger partial charge < -0.3 is 0 Å². The van der Waals surface area contributed by atoms with E-state index < -0.39 is 0 Å². The smallest absolute Gasteiger partial charge is 0.250 e. The molecule has 0 bridgehead atoms. The third-order valence-corrected chi connectivity index (χ3v) is 6.84. The van der Waals surface area contributed by atoms with E-state index in [9.17, 15) is 4.79 Å². The minimum atomic E-state index is -0.163. The molecule has 1 aliphatic carbocycles. The van der Waals surface area contributed by atoms with Crippen LogP contribution in [0, 0.1) is 6.92 Å². The van der Waals surface area contributed by atoms with E-state index in [1.54, 1.807) is 6.21 Å². The molecule has 2 aromatic carbocycles. The standard InChI is InChI=1S/C27H31N5OS/c1-20-13-15-23(16-14-20)26-30-31-27(32(26)24-11-7-4-8-12-24)34-19-25(33)29-28-18-21(2)17-22-9-5-3-6-10-22/h3,5-6,9-10,13-18,24H,4,7-8,11-12,19H2,1-2H3,(H,29,33). The van der Waals surface area contributed by atoms with Crippen molar-refractivity contribution < 1.29 is 4.79 Å². The molecule has 176 valence electrons. The number of carbonyl (C=O) groups is 1. The van der Waals surface area contributed by atoms with Crippen LogP contribution in [-0.2, 0) is 4.79 Å². The van der Waals surface area contributed by atoms with Crippen LogP contribution in [0.2, 0.25) is 0 Å². The summed E-state index contributed by atoms with van der Waals surface area (Å²) >= 11 is 1.42. The van der Waals surface area contributed by atoms with Gasteiger partial charge in [0.2, 0.25) is 0 Å². The zero-order valence-electron chi connectivity index (χ0n) is 19.8. The minimum absolute atomic E-state index is 0.163. The highest BCUT2D eigenvalue weighted by atomic mass is 32.2. The van der Waals surface area contributed by atoms with E-state index in [1.165, 1.54) is 36.6 Å². The van der Waals surface area contributed by atoms with Crippen LogP contribution in [-0.4, -0.2) is 32.6 Å². The highest BCUT2D eigenvalue weighted by Gasteiger charge is 2.24. The molecule has 34 heavy (non-hydrogen) atoms. The fourth-order valence-corrected chi connectivity index (χ4v) is 4.96. The fraction of sp³-hybridized carbons (Fsp3) is 0.333. The Morgan fingerprint density at radius 1 is 1.09 bits per heavy atom. The lowest BCUT2D eigenvalue weighted by molar-refractivity contribution is -0.118. The first-order valence-corrected chi connectivity index (χ1v) is 12.8. The van der Waals surface area contributed by atoms with Crippen LogP contribution < -0.4 is 5.43 Å². The van der Waals surface area contributed by atoms with Gasteiger partial charge in [-0.3, -0.25) is 9.36 Å². The van der Waals surface area contributed by atoms with Gasteiger partial charge >= 0.3 is 0 Å². The quantitative estimate of drug-likeness (QED) is 0.245. The molecule has 0 spiro atoms. The number of nitrogens with one attached hydrogen (secondary N) is 1. The van der Waals surface area contributed by atoms with Crippen LogP contribution in [0.1, 0.15) is 56.2 Å². The highest BCUT2D eigenvalue weighted by molar-refractivity contribution is 7.99. The Morgan fingerprint density at radius 3 is 2.56 bits per heavy atom. The predicted octanol–water partition coefficient (Wildman–Crippen LogP) is 6.06. The van der Waals surface area contributed by atoms with Crippen LogP contribution in [0.3, 0.4) is 0 Å². The van der Waals surface area contributed by atoms with Gasteiger partial charge in [-0.1, -0.05) is 97.3 Å². The van der Waals surface area contributed by atoms with E-state index in [-0.39, 0.29) is 11.7 Å². The Labute approximate surface area is 205 Å². The van der Waals surface area contributed by atoms with Crippen molar-refractivity contribution in [3.05, 3.63) is 71.3 Å². The lowest BCUT2D eigenvalue weighted by Crippen LogP contribution is -2.20. The van der Waals surface area contributed by atoms with E-state index in [4.69, 9.17) is 0 Å². The Bertz CT molecular complexity index is 1150. The number of hydrogen-bond acceptors (Lipinski definition) is 5. The van der Waals surface area contributed by atoms with Gasteiger partial charge in [0.05, 0.1) is 12.0 Å². The van der Waals surface area contributed by atoms with E-state index in [2.05, 4.69) is 56.5 Å². The third-order valence-electron chi connectivity index (χ3n) is 5.90. The number of aryl methyl sites for hydroxylation is 1. The Kier molecular flexibility index (Phi) is 8.31. The summed E-state index contributed by atoms with van der Waals surface area (Å²) in [5.41, 5.74) is 6.96. The van der Waals surface area contributed by atoms with Crippen LogP contribution in [0.15, 0.2) is 70.4 Å². The molecule has 0 saturated heterocycles. The summed E-state index contributed by atoms with van der Waals surface area (Å²) in [5.74, 6) is 0.954. The zero-order valence-corrected chi connectivity index (χ0v) is 20.6. The first kappa shape index (κ1) is 24.0. The molecule has 4 rings (SSSR count). The molecule has 0 radical (unpaired) electrons. The number of allylic oxidation sites excluding steroid dienone is 1. The first-order chi connectivity index (χ1) is 16.6. The monoisotopic (exact) mass is 473 g/mol. The summed E-state index contributed by atoms with van der Waals surface area (Å²) in [6.07, 6.45) is 9.62. The Balaban J connectivity index is 1.41. The predicted molar refractivity (Wildman–Crippen MR) is 140 cm³/mol. The minimum Gasteiger partial charge on any atom is -0.299 e. The largest absolute Gasteiger partial charge is 0.299 e. The molecule has 3 aromatic rings. The van der Waals surface area contributed by atoms with Crippen molar-refractivity contribution >= 4 is 30.0 Å². The molecular formula is C27H31N5OS. The number of hydrogen-bond donors (Lipinski definition) is 1. The summed E-state index contributed by atoms with van der Waals surface area (Å²) in [7, 11) is 0. The first-order valence-electron chi connectivity index (χ1n) is 11.8. The van der Waals surface area contributed by atoms with Gasteiger partial charge in [-0.2, -0.15) is 5.10 Å². The zero-order chi connectivity index (χ0) is 23.8. The fourth-order valence-electron chi connectivity index (χ4n) is 4.16. The molecule has 1 saturated carbocycles. The maximum Gasteiger partial charge on any atom is 0.250 e. The number of amides is 1. The van der Waals surface area contributed by atoms with Gasteiger partial charge in [0.25, 0.3) is 5.91 Å². The van der Waals surface area contributed by atoms with Crippen molar-refractivity contribution in [2.75, 3.05) is 5.75 Å². The van der Waals surface area contributed by atoms with Gasteiger partial charge in [-0.15, -0.1) is 10.2 Å². The van der Waals surface area contributed by atoms with E-state index in [1.807, 2.05) is 43.3 Å². The molecule has 0 aliphatic heterocycles. The molecular weight excluding hydrogens is 442 g/mol. The molecule has 1 aromatic heterocycles. The van der Waals surface area contributed by atoms with Gasteiger partial charge in [0.15, 0.2) is 11.0 Å². The van der Waals surface area contributed by atoms with Crippen molar-refractivity contribution in [1.82, 2.24) is 20.2 Å². The van der Waals surface area contributed by atoms with E-state index in [0.29, 0.717) is 6.04 Å². The molecule has 1 heterocycles. The molecule has 1 aliphatic rings. The average molecular weight is 474 g/mol. The van der Waals surface area contributed by atoms with Gasteiger partial charge in [0.1, 0.15) is 0 Å². The molecule has 0 atom stereocenters. The van der Waals surface area contributed by atoms with Crippen LogP contribution >= 0.6 is 11.8 Å². The van der Waals surface area contributed by atoms with Crippen molar-refractivity contribution in [3.8, 4) is 11.4 Å². The van der Waals surface area contributed by atoms with Crippen LogP contribution in [0.25, 0.3) is 17.5 Å². The van der Waals surface area contributed by atoms with E-state index in [0.717, 1.165) is 40.5 Å². The van der Waals surface area contributed by atoms with E-state index >= 15 is 0 Å². The molecule has 0 unspecified atom stereocenters. The third kappa shape index (κ3) is 6.44. The van der Waals surface area contributed by atoms with Crippen molar-refractivity contribution in [2.45, 2.75) is 57.1 Å². The SMILES string of the molecule is CC(C=NNC(=O)CSc1nnc(-c2ccc(C)cc2)n1C1CCCCC1)=Cc1ccccc1. The van der Waals surface area contributed by atoms with Gasteiger partial charge in [-0.05, 0) is 37.8 Å². The Morgan fingerprint density at radius 2 is 1.82 bits per heavy atom. The highest BCUT2D eigenvalue weighted by Crippen LogP contribution is 2.35. The molecule has 7 heteroatoms. The number of carbonyl (C=O) groups excluding carboxylic acids is 1. The summed E-state index contributed by atoms with van der Waals surface area (Å²) in [6.45, 7) is 4.04. The normalized spacial score (nSPS) is 15.1. The Hall–Kier alpha value is -3.19. The number of hydrazone groups is 1. The number of rotatable bonds is 8. The molecule has 1 fully saturated rings. The summed E-state index contributed by atoms with van der Waals surface area (Å²) in [6, 6.07) is 18.8. The van der Waals surface area contributed by atoms with Crippen molar-refractivity contribution in [2.24, 2.45) is 5.10 Å². The second-order valence-corrected chi connectivity index (χ2v) is 9.66. The lowest BCUT2D eigenvalue weighted by Gasteiger charge is -2.25. The van der Waals surface area contributed by atoms with Gasteiger partial charge in [0, 0.05) is 11.6 Å². The number of benzene rings is 2. The number of thioether (sulfide) groups is 1. The van der Waals surface area contributed by atoms with Crippen molar-refractivity contribution in [1.29, 1.82) is 0 Å². The lowest BCUT2D eigenvalue weighted by atomic mass is 9.95. The van der Waals surface area contributed by atoms with Crippen LogP contribution in [0.5, 0.6) is 0 Å². The summed E-state index contributed by atoms with van der Waals surface area (Å²) in [5, 5.41) is 13.9. The summed E-state index contributed by atoms with van der Waals surface area (Å²) < 4.78 is 2.25. The van der Waals surface area contributed by atoms with Gasteiger partial charge in [-0.25, -0.2) is 5.43 Å². The molecule has 6 nitrogen and oxygen atoms in total. The second-order valence-electron chi connectivity index (χ2n) is 8.71.